The van der Waals surface area contributed by atoms with Crippen LogP contribution in [0.2, 0.25) is 0 Å². The Kier molecular flexibility index (Phi) is 2.58. The van der Waals surface area contributed by atoms with Crippen molar-refractivity contribution in [3.8, 4) is 0 Å². The SMILES string of the molecule is C=CC(F)(F)[C@H]1OC(O)[C@H]2OC(C)(C)O[C@H]21. The summed E-state index contributed by atoms with van der Waals surface area (Å²) in [6.45, 7) is 6.24. The van der Waals surface area contributed by atoms with Gasteiger partial charge >= 0.3 is 0 Å². The number of fused-ring (bicyclic) bond motifs is 1. The van der Waals surface area contributed by atoms with E-state index >= 15 is 0 Å². The largest absolute Gasteiger partial charge is 0.366 e. The second-order valence-electron chi connectivity index (χ2n) is 4.39. The summed E-state index contributed by atoms with van der Waals surface area (Å²) in [6.07, 6.45) is -4.35. The number of rotatable bonds is 2. The highest BCUT2D eigenvalue weighted by Gasteiger charge is 2.61. The maximum atomic E-state index is 13.4. The maximum absolute atomic E-state index is 13.4. The van der Waals surface area contributed by atoms with Gasteiger partial charge in [0.1, 0.15) is 12.2 Å². The van der Waals surface area contributed by atoms with Crippen LogP contribution < -0.4 is 0 Å². The van der Waals surface area contributed by atoms with Gasteiger partial charge in [-0.25, -0.2) is 0 Å². The summed E-state index contributed by atoms with van der Waals surface area (Å²) in [6, 6.07) is 0. The van der Waals surface area contributed by atoms with E-state index in [2.05, 4.69) is 6.58 Å². The molecule has 2 fully saturated rings. The third-order valence-electron chi connectivity index (χ3n) is 2.68. The Hall–Kier alpha value is -0.560. The molecular formula is C10H14F2O4. The molecule has 0 spiro atoms. The normalized spacial score (nSPS) is 42.1. The second-order valence-corrected chi connectivity index (χ2v) is 4.39. The first-order valence-corrected chi connectivity index (χ1v) is 4.97. The summed E-state index contributed by atoms with van der Waals surface area (Å²) in [4.78, 5) is 0. The van der Waals surface area contributed by atoms with Gasteiger partial charge in [0.05, 0.1) is 0 Å². The molecule has 0 radical (unpaired) electrons. The van der Waals surface area contributed by atoms with Crippen LogP contribution in [0.3, 0.4) is 0 Å². The lowest BCUT2D eigenvalue weighted by Gasteiger charge is -2.26. The number of aliphatic hydroxyl groups is 1. The highest BCUT2D eigenvalue weighted by molar-refractivity contribution is 5.05. The summed E-state index contributed by atoms with van der Waals surface area (Å²) in [7, 11) is 0. The Morgan fingerprint density at radius 2 is 1.88 bits per heavy atom. The Morgan fingerprint density at radius 1 is 1.31 bits per heavy atom. The fraction of sp³-hybridized carbons (Fsp3) is 0.800. The van der Waals surface area contributed by atoms with Gasteiger partial charge in [-0.1, -0.05) is 6.58 Å². The van der Waals surface area contributed by atoms with E-state index in [-0.39, 0.29) is 0 Å². The highest BCUT2D eigenvalue weighted by atomic mass is 19.3. The average Bonchev–Trinajstić information content (AvgIpc) is 2.62. The minimum Gasteiger partial charge on any atom is -0.366 e. The van der Waals surface area contributed by atoms with Gasteiger partial charge in [-0.15, -0.1) is 0 Å². The molecule has 2 rings (SSSR count). The van der Waals surface area contributed by atoms with Crippen molar-refractivity contribution >= 4 is 0 Å². The molecule has 0 aromatic rings. The molecule has 1 N–H and O–H groups in total. The molecule has 0 saturated carbocycles. The van der Waals surface area contributed by atoms with E-state index in [1.807, 2.05) is 0 Å². The summed E-state index contributed by atoms with van der Waals surface area (Å²) >= 11 is 0. The van der Waals surface area contributed by atoms with Crippen LogP contribution in [-0.2, 0) is 14.2 Å². The Labute approximate surface area is 91.8 Å². The van der Waals surface area contributed by atoms with Crippen LogP contribution in [0, 0.1) is 0 Å². The van der Waals surface area contributed by atoms with E-state index in [1.165, 1.54) is 0 Å². The smallest absolute Gasteiger partial charge is 0.294 e. The lowest BCUT2D eigenvalue weighted by Crippen LogP contribution is -2.42. The van der Waals surface area contributed by atoms with Crippen LogP contribution in [0.1, 0.15) is 13.8 Å². The van der Waals surface area contributed by atoms with Gasteiger partial charge in [-0.05, 0) is 19.9 Å². The molecule has 0 bridgehead atoms. The van der Waals surface area contributed by atoms with Gasteiger partial charge in [-0.2, -0.15) is 8.78 Å². The highest BCUT2D eigenvalue weighted by Crippen LogP contribution is 2.43. The number of halogens is 2. The number of hydrogen-bond acceptors (Lipinski definition) is 4. The molecule has 1 unspecified atom stereocenters. The predicted octanol–water partition coefficient (Wildman–Crippen LogP) is 1.04. The lowest BCUT2D eigenvalue weighted by molar-refractivity contribution is -0.243. The second kappa shape index (κ2) is 3.46. The van der Waals surface area contributed by atoms with Gasteiger partial charge in [-0.3, -0.25) is 0 Å². The quantitative estimate of drug-likeness (QED) is 0.728. The average molecular weight is 236 g/mol. The molecule has 16 heavy (non-hydrogen) atoms. The summed E-state index contributed by atoms with van der Waals surface area (Å²) in [5.41, 5.74) is 0. The Balaban J connectivity index is 2.22. The summed E-state index contributed by atoms with van der Waals surface area (Å²) in [5, 5.41) is 9.47. The predicted molar refractivity (Wildman–Crippen MR) is 49.8 cm³/mol. The van der Waals surface area contributed by atoms with Crippen LogP contribution in [-0.4, -0.2) is 41.4 Å². The van der Waals surface area contributed by atoms with E-state index in [1.54, 1.807) is 13.8 Å². The van der Waals surface area contributed by atoms with Crippen molar-refractivity contribution in [3.63, 3.8) is 0 Å². The molecule has 6 heteroatoms. The zero-order valence-electron chi connectivity index (χ0n) is 9.02. The van der Waals surface area contributed by atoms with Gasteiger partial charge in [0, 0.05) is 0 Å². The maximum Gasteiger partial charge on any atom is 0.294 e. The van der Waals surface area contributed by atoms with Gasteiger partial charge in [0.15, 0.2) is 18.2 Å². The molecule has 0 amide bonds. The first-order valence-electron chi connectivity index (χ1n) is 4.97. The molecule has 0 aromatic heterocycles. The Bertz CT molecular complexity index is 305. The molecule has 0 aliphatic carbocycles. The fourth-order valence-corrected chi connectivity index (χ4v) is 2.00. The van der Waals surface area contributed by atoms with Crippen molar-refractivity contribution in [2.24, 2.45) is 0 Å². The first-order chi connectivity index (χ1) is 7.27. The molecule has 4 atom stereocenters. The molecular weight excluding hydrogens is 222 g/mol. The van der Waals surface area contributed by atoms with E-state index in [4.69, 9.17) is 14.2 Å². The van der Waals surface area contributed by atoms with E-state index in [0.29, 0.717) is 6.08 Å². The monoisotopic (exact) mass is 236 g/mol. The van der Waals surface area contributed by atoms with Crippen LogP contribution in [0.5, 0.6) is 0 Å². The topological polar surface area (TPSA) is 47.9 Å². The van der Waals surface area contributed by atoms with Crippen molar-refractivity contribution in [3.05, 3.63) is 12.7 Å². The zero-order valence-corrected chi connectivity index (χ0v) is 9.02. The minimum absolute atomic E-state index is 0.488. The van der Waals surface area contributed by atoms with Crippen LogP contribution in [0.4, 0.5) is 8.78 Å². The van der Waals surface area contributed by atoms with E-state index < -0.39 is 36.3 Å². The molecule has 2 heterocycles. The lowest BCUT2D eigenvalue weighted by atomic mass is 10.1. The van der Waals surface area contributed by atoms with Crippen LogP contribution in [0.15, 0.2) is 12.7 Å². The van der Waals surface area contributed by atoms with Crippen LogP contribution >= 0.6 is 0 Å². The number of alkyl halides is 2. The van der Waals surface area contributed by atoms with Crippen molar-refractivity contribution in [2.45, 2.75) is 50.2 Å². The zero-order chi connectivity index (χ0) is 12.1. The standard InChI is InChI=1S/C10H14F2O4/c1-4-10(11,12)7-5-6(8(13)14-7)16-9(2,3)15-5/h4-8,13H,1H2,2-3H3/t5-,6+,7+,8?/m1/s1. The van der Waals surface area contributed by atoms with Crippen molar-refractivity contribution < 1.29 is 28.1 Å². The molecule has 2 aliphatic heterocycles. The first kappa shape index (κ1) is 11.9. The third kappa shape index (κ3) is 1.75. The van der Waals surface area contributed by atoms with Crippen molar-refractivity contribution in [1.29, 1.82) is 0 Å². The molecule has 4 nitrogen and oxygen atoms in total. The van der Waals surface area contributed by atoms with E-state index in [0.717, 1.165) is 0 Å². The molecule has 0 aromatic carbocycles. The minimum atomic E-state index is -3.26. The van der Waals surface area contributed by atoms with Crippen molar-refractivity contribution in [1.82, 2.24) is 0 Å². The van der Waals surface area contributed by atoms with Gasteiger partial charge in [0.25, 0.3) is 5.92 Å². The summed E-state index contributed by atoms with van der Waals surface area (Å²) in [5.74, 6) is -4.25. The van der Waals surface area contributed by atoms with Gasteiger partial charge in [0.2, 0.25) is 0 Å². The number of ether oxygens (including phenoxy) is 3. The third-order valence-corrected chi connectivity index (χ3v) is 2.68. The number of aliphatic hydroxyl groups excluding tert-OH is 1. The molecule has 2 aliphatic rings. The molecule has 92 valence electrons. The number of hydrogen-bond donors (Lipinski definition) is 1. The van der Waals surface area contributed by atoms with Gasteiger partial charge < -0.3 is 19.3 Å². The van der Waals surface area contributed by atoms with Crippen molar-refractivity contribution in [2.75, 3.05) is 0 Å². The van der Waals surface area contributed by atoms with Crippen LogP contribution in [0.25, 0.3) is 0 Å². The Morgan fingerprint density at radius 3 is 2.44 bits per heavy atom. The summed E-state index contributed by atoms with van der Waals surface area (Å²) < 4.78 is 42.2. The van der Waals surface area contributed by atoms with E-state index in [9.17, 15) is 13.9 Å². The fourth-order valence-electron chi connectivity index (χ4n) is 2.00. The molecule has 2 saturated heterocycles.